The Morgan fingerprint density at radius 3 is 2.52 bits per heavy atom. The Labute approximate surface area is 125 Å². The fourth-order valence-corrected chi connectivity index (χ4v) is 2.49. The van der Waals surface area contributed by atoms with Gasteiger partial charge in [-0.2, -0.15) is 0 Å². The summed E-state index contributed by atoms with van der Waals surface area (Å²) < 4.78 is 0. The average molecular weight is 275 g/mol. The molecule has 104 valence electrons. The molecule has 0 radical (unpaired) electrons. The second-order valence-corrected chi connectivity index (χ2v) is 4.98. The first kappa shape index (κ1) is 13.4. The first-order valence-corrected chi connectivity index (χ1v) is 7.14. The van der Waals surface area contributed by atoms with Crippen molar-refractivity contribution >= 4 is 17.0 Å². The third kappa shape index (κ3) is 2.79. The van der Waals surface area contributed by atoms with Gasteiger partial charge in [-0.25, -0.2) is 0 Å². The minimum Gasteiger partial charge on any atom is -0.348 e. The van der Waals surface area contributed by atoms with Gasteiger partial charge in [-0.1, -0.05) is 42.5 Å². The molecule has 0 fully saturated rings. The third-order valence-electron chi connectivity index (χ3n) is 3.63. The van der Waals surface area contributed by atoms with Crippen LogP contribution in [-0.4, -0.2) is 12.3 Å². The van der Waals surface area contributed by atoms with Crippen molar-refractivity contribution in [2.45, 2.75) is 6.92 Å². The Hall–Kier alpha value is -2.61. The molecule has 0 unspecified atom stereocenters. The van der Waals surface area contributed by atoms with E-state index in [0.29, 0.717) is 0 Å². The molecule has 1 heterocycles. The Morgan fingerprint density at radius 1 is 1.00 bits per heavy atom. The van der Waals surface area contributed by atoms with E-state index in [9.17, 15) is 4.79 Å². The number of carbonyl (C=O) groups is 1. The fraction of sp³-hybridized carbons (Fsp3) is 0.105. The minimum atomic E-state index is 0.0429. The molecule has 0 atom stereocenters. The number of nitrogens with zero attached hydrogens (tertiary/aromatic N) is 1. The van der Waals surface area contributed by atoms with Crippen LogP contribution in [0.15, 0.2) is 78.6 Å². The van der Waals surface area contributed by atoms with E-state index in [1.165, 1.54) is 16.8 Å². The van der Waals surface area contributed by atoms with Crippen LogP contribution in [-0.2, 0) is 4.79 Å². The number of fused-ring (bicyclic) bond motifs is 1. The largest absolute Gasteiger partial charge is 0.348 e. The summed E-state index contributed by atoms with van der Waals surface area (Å²) in [5.41, 5.74) is 4.68. The minimum absolute atomic E-state index is 0.0429. The van der Waals surface area contributed by atoms with E-state index in [2.05, 4.69) is 54.4 Å². The van der Waals surface area contributed by atoms with Gasteiger partial charge in [-0.05, 0) is 42.4 Å². The summed E-state index contributed by atoms with van der Waals surface area (Å²) in [7, 11) is 0. The fourth-order valence-electron chi connectivity index (χ4n) is 2.49. The zero-order chi connectivity index (χ0) is 14.7. The zero-order valence-electron chi connectivity index (χ0n) is 12.0. The Balaban J connectivity index is 1.95. The molecular weight excluding hydrogens is 258 g/mol. The van der Waals surface area contributed by atoms with Crippen molar-refractivity contribution in [1.82, 2.24) is 0 Å². The Bertz CT molecular complexity index is 699. The number of anilines is 1. The van der Waals surface area contributed by atoms with Crippen molar-refractivity contribution in [3.8, 4) is 0 Å². The lowest BCUT2D eigenvalue weighted by molar-refractivity contribution is -0.110. The maximum Gasteiger partial charge on any atom is 0.178 e. The number of ketones is 1. The molecule has 1 aromatic rings. The molecule has 0 bridgehead atoms. The third-order valence-corrected chi connectivity index (χ3v) is 3.63. The van der Waals surface area contributed by atoms with Crippen LogP contribution in [0, 0.1) is 0 Å². The van der Waals surface area contributed by atoms with E-state index in [4.69, 9.17) is 0 Å². The van der Waals surface area contributed by atoms with Crippen LogP contribution in [0.1, 0.15) is 12.5 Å². The van der Waals surface area contributed by atoms with E-state index < -0.39 is 0 Å². The molecule has 3 rings (SSSR count). The van der Waals surface area contributed by atoms with Gasteiger partial charge in [0, 0.05) is 24.0 Å². The predicted octanol–water partition coefficient (Wildman–Crippen LogP) is 4.05. The van der Waals surface area contributed by atoms with Crippen molar-refractivity contribution in [3.63, 3.8) is 0 Å². The highest BCUT2D eigenvalue weighted by Crippen LogP contribution is 2.32. The molecule has 1 aliphatic heterocycles. The molecule has 0 amide bonds. The Kier molecular flexibility index (Phi) is 3.69. The standard InChI is InChI=1S/C19H17NO/c1-2-20-14-13-16(18-5-3-4-6-19(18)20)10-7-15-8-11-17(21)12-9-15/h3-14H,2H2,1H3/b16-10+. The summed E-state index contributed by atoms with van der Waals surface area (Å²) in [6.07, 6.45) is 15.3. The van der Waals surface area contributed by atoms with E-state index >= 15 is 0 Å². The molecule has 0 N–H and O–H groups in total. The van der Waals surface area contributed by atoms with Gasteiger partial charge in [0.2, 0.25) is 0 Å². The second-order valence-electron chi connectivity index (χ2n) is 4.98. The summed E-state index contributed by atoms with van der Waals surface area (Å²) >= 11 is 0. The molecule has 2 aliphatic rings. The van der Waals surface area contributed by atoms with Crippen molar-refractivity contribution < 1.29 is 4.79 Å². The topological polar surface area (TPSA) is 20.3 Å². The molecular formula is C19H17NO. The molecule has 1 aromatic carbocycles. The summed E-state index contributed by atoms with van der Waals surface area (Å²) in [5, 5.41) is 0. The molecule has 1 aliphatic carbocycles. The number of hydrogen-bond acceptors (Lipinski definition) is 2. The normalized spacial score (nSPS) is 18.3. The molecule has 0 spiro atoms. The zero-order valence-corrected chi connectivity index (χ0v) is 12.0. The van der Waals surface area contributed by atoms with Crippen LogP contribution in [0.25, 0.3) is 5.57 Å². The summed E-state index contributed by atoms with van der Waals surface area (Å²) in [6.45, 7) is 3.10. The van der Waals surface area contributed by atoms with Crippen LogP contribution >= 0.6 is 0 Å². The highest BCUT2D eigenvalue weighted by atomic mass is 16.1. The quantitative estimate of drug-likeness (QED) is 0.811. The summed E-state index contributed by atoms with van der Waals surface area (Å²) in [4.78, 5) is 13.3. The van der Waals surface area contributed by atoms with Gasteiger partial charge in [0.25, 0.3) is 0 Å². The number of allylic oxidation sites excluding steroid dienone is 9. The van der Waals surface area contributed by atoms with E-state index in [0.717, 1.165) is 12.1 Å². The maximum absolute atomic E-state index is 11.1. The van der Waals surface area contributed by atoms with Crippen molar-refractivity contribution in [3.05, 3.63) is 84.1 Å². The summed E-state index contributed by atoms with van der Waals surface area (Å²) in [5.74, 6) is 0.0429. The van der Waals surface area contributed by atoms with E-state index in [1.54, 1.807) is 12.2 Å². The average Bonchev–Trinajstić information content (AvgIpc) is 2.54. The van der Waals surface area contributed by atoms with Crippen LogP contribution in [0.4, 0.5) is 5.69 Å². The Morgan fingerprint density at radius 2 is 1.76 bits per heavy atom. The predicted molar refractivity (Wildman–Crippen MR) is 87.9 cm³/mol. The van der Waals surface area contributed by atoms with Crippen LogP contribution < -0.4 is 4.90 Å². The van der Waals surface area contributed by atoms with Crippen molar-refractivity contribution in [2.75, 3.05) is 11.4 Å². The number of benzene rings is 1. The van der Waals surface area contributed by atoms with Gasteiger partial charge in [0.1, 0.15) is 0 Å². The highest BCUT2D eigenvalue weighted by Gasteiger charge is 2.13. The first-order chi connectivity index (χ1) is 10.3. The maximum atomic E-state index is 11.1. The summed E-state index contributed by atoms with van der Waals surface area (Å²) in [6, 6.07) is 8.41. The van der Waals surface area contributed by atoms with Crippen LogP contribution in [0.3, 0.4) is 0 Å². The molecule has 2 heteroatoms. The molecule has 0 aromatic heterocycles. The number of para-hydroxylation sites is 1. The van der Waals surface area contributed by atoms with Gasteiger partial charge in [0.15, 0.2) is 5.78 Å². The van der Waals surface area contributed by atoms with Crippen LogP contribution in [0.2, 0.25) is 0 Å². The number of rotatable bonds is 2. The molecule has 0 saturated heterocycles. The van der Waals surface area contributed by atoms with Gasteiger partial charge >= 0.3 is 0 Å². The smallest absolute Gasteiger partial charge is 0.178 e. The van der Waals surface area contributed by atoms with E-state index in [-0.39, 0.29) is 5.78 Å². The van der Waals surface area contributed by atoms with Crippen LogP contribution in [0.5, 0.6) is 0 Å². The molecule has 2 nitrogen and oxygen atoms in total. The van der Waals surface area contributed by atoms with Gasteiger partial charge in [-0.3, -0.25) is 4.79 Å². The van der Waals surface area contributed by atoms with E-state index in [1.807, 2.05) is 18.2 Å². The van der Waals surface area contributed by atoms with Gasteiger partial charge < -0.3 is 4.90 Å². The van der Waals surface area contributed by atoms with Crippen molar-refractivity contribution in [2.24, 2.45) is 0 Å². The monoisotopic (exact) mass is 275 g/mol. The van der Waals surface area contributed by atoms with Gasteiger partial charge in [-0.15, -0.1) is 0 Å². The number of carbonyl (C=O) groups excluding carboxylic acids is 1. The lowest BCUT2D eigenvalue weighted by Gasteiger charge is -2.26. The lowest BCUT2D eigenvalue weighted by atomic mass is 9.98. The lowest BCUT2D eigenvalue weighted by Crippen LogP contribution is -2.18. The highest BCUT2D eigenvalue weighted by molar-refractivity contribution is 6.01. The SMILES string of the molecule is CCN1C=C/C(=C\C=C2C=CC(=O)C=C2)c2ccccc21. The molecule has 21 heavy (non-hydrogen) atoms. The second kappa shape index (κ2) is 5.80. The first-order valence-electron chi connectivity index (χ1n) is 7.14. The molecule has 0 saturated carbocycles. The van der Waals surface area contributed by atoms with Gasteiger partial charge in [0.05, 0.1) is 0 Å². The van der Waals surface area contributed by atoms with Crippen molar-refractivity contribution in [1.29, 1.82) is 0 Å². The number of hydrogen-bond donors (Lipinski definition) is 0.